The highest BCUT2D eigenvalue weighted by Gasteiger charge is 2.02. The summed E-state index contributed by atoms with van der Waals surface area (Å²) in [5.74, 6) is 0.892. The van der Waals surface area contributed by atoms with Crippen molar-refractivity contribution >= 4 is 11.5 Å². The van der Waals surface area contributed by atoms with Gasteiger partial charge >= 0.3 is 0 Å². The number of anilines is 2. The Morgan fingerprint density at radius 2 is 2.12 bits per heavy atom. The summed E-state index contributed by atoms with van der Waals surface area (Å²) in [7, 11) is 2.12. The highest BCUT2D eigenvalue weighted by Crippen LogP contribution is 2.11. The van der Waals surface area contributed by atoms with E-state index in [2.05, 4.69) is 36.1 Å². The van der Waals surface area contributed by atoms with Gasteiger partial charge in [-0.2, -0.15) is 0 Å². The Labute approximate surface area is 97.9 Å². The van der Waals surface area contributed by atoms with E-state index in [-0.39, 0.29) is 0 Å². The van der Waals surface area contributed by atoms with Crippen LogP contribution in [0.25, 0.3) is 0 Å². The van der Waals surface area contributed by atoms with Gasteiger partial charge in [-0.1, -0.05) is 0 Å². The Morgan fingerprint density at radius 1 is 1.44 bits per heavy atom. The molecule has 0 spiro atoms. The molecule has 0 atom stereocenters. The number of aryl methyl sites for hydroxylation is 1. The standard InChI is InChI=1S/C12H22N4/c1-9(2)16(4)8-7-14-12-6-5-11(13)10(3)15-12/h5-6,9H,7-8,13H2,1-4H3,(H,14,15). The van der Waals surface area contributed by atoms with Crippen molar-refractivity contribution in [2.24, 2.45) is 0 Å². The zero-order valence-electron chi connectivity index (χ0n) is 10.6. The molecule has 0 saturated heterocycles. The van der Waals surface area contributed by atoms with Gasteiger partial charge in [0, 0.05) is 19.1 Å². The largest absolute Gasteiger partial charge is 0.397 e. The topological polar surface area (TPSA) is 54.2 Å². The number of pyridine rings is 1. The second kappa shape index (κ2) is 5.70. The summed E-state index contributed by atoms with van der Waals surface area (Å²) in [4.78, 5) is 6.65. The number of nitrogens with zero attached hydrogens (tertiary/aromatic N) is 2. The average molecular weight is 222 g/mol. The van der Waals surface area contributed by atoms with Crippen LogP contribution in [-0.2, 0) is 0 Å². The van der Waals surface area contributed by atoms with Gasteiger partial charge in [-0.3, -0.25) is 0 Å². The second-order valence-corrected chi connectivity index (χ2v) is 4.37. The first-order valence-corrected chi connectivity index (χ1v) is 5.68. The fraction of sp³-hybridized carbons (Fsp3) is 0.583. The number of hydrogen-bond acceptors (Lipinski definition) is 4. The van der Waals surface area contributed by atoms with Crippen LogP contribution in [0.1, 0.15) is 19.5 Å². The fourth-order valence-corrected chi connectivity index (χ4v) is 1.29. The van der Waals surface area contributed by atoms with E-state index >= 15 is 0 Å². The van der Waals surface area contributed by atoms with Crippen LogP contribution in [0.4, 0.5) is 11.5 Å². The zero-order chi connectivity index (χ0) is 12.1. The zero-order valence-corrected chi connectivity index (χ0v) is 10.6. The van der Waals surface area contributed by atoms with Crippen LogP contribution >= 0.6 is 0 Å². The van der Waals surface area contributed by atoms with E-state index in [4.69, 9.17) is 5.73 Å². The number of nitrogen functional groups attached to an aromatic ring is 1. The lowest BCUT2D eigenvalue weighted by molar-refractivity contribution is 0.284. The van der Waals surface area contributed by atoms with Crippen LogP contribution in [0.15, 0.2) is 12.1 Å². The lowest BCUT2D eigenvalue weighted by atomic mass is 10.3. The summed E-state index contributed by atoms with van der Waals surface area (Å²) >= 11 is 0. The molecule has 0 aliphatic heterocycles. The van der Waals surface area contributed by atoms with Crippen LogP contribution in [0.2, 0.25) is 0 Å². The first-order chi connectivity index (χ1) is 7.50. The Balaban J connectivity index is 2.40. The normalized spacial score (nSPS) is 11.1. The van der Waals surface area contributed by atoms with E-state index in [1.165, 1.54) is 0 Å². The maximum Gasteiger partial charge on any atom is 0.126 e. The molecule has 0 unspecified atom stereocenters. The quantitative estimate of drug-likeness (QED) is 0.796. The summed E-state index contributed by atoms with van der Waals surface area (Å²) in [6, 6.07) is 4.37. The van der Waals surface area contributed by atoms with Crippen molar-refractivity contribution in [3.8, 4) is 0 Å². The predicted octanol–water partition coefficient (Wildman–Crippen LogP) is 1.72. The summed E-state index contributed by atoms with van der Waals surface area (Å²) in [5, 5.41) is 3.29. The number of nitrogens with one attached hydrogen (secondary N) is 1. The van der Waals surface area contributed by atoms with Crippen LogP contribution in [-0.4, -0.2) is 36.1 Å². The van der Waals surface area contributed by atoms with E-state index in [0.717, 1.165) is 30.3 Å². The predicted molar refractivity (Wildman–Crippen MR) is 69.6 cm³/mol. The van der Waals surface area contributed by atoms with E-state index in [1.54, 1.807) is 0 Å². The molecule has 0 amide bonds. The molecule has 16 heavy (non-hydrogen) atoms. The second-order valence-electron chi connectivity index (χ2n) is 4.37. The van der Waals surface area contributed by atoms with Crippen molar-refractivity contribution in [2.75, 3.05) is 31.2 Å². The van der Waals surface area contributed by atoms with Gasteiger partial charge in [0.2, 0.25) is 0 Å². The van der Waals surface area contributed by atoms with Gasteiger partial charge in [0.15, 0.2) is 0 Å². The van der Waals surface area contributed by atoms with Gasteiger partial charge in [-0.25, -0.2) is 4.98 Å². The molecule has 0 aliphatic carbocycles. The molecule has 1 rings (SSSR count). The number of rotatable bonds is 5. The highest BCUT2D eigenvalue weighted by atomic mass is 15.1. The molecule has 90 valence electrons. The van der Waals surface area contributed by atoms with Gasteiger partial charge in [-0.15, -0.1) is 0 Å². The molecule has 0 aromatic carbocycles. The maximum absolute atomic E-state index is 5.71. The SMILES string of the molecule is Cc1nc(NCCN(C)C(C)C)ccc1N. The van der Waals surface area contributed by atoms with E-state index in [1.807, 2.05) is 19.1 Å². The molecular formula is C12H22N4. The lowest BCUT2D eigenvalue weighted by Crippen LogP contribution is -2.31. The first-order valence-electron chi connectivity index (χ1n) is 5.68. The molecule has 0 saturated carbocycles. The van der Waals surface area contributed by atoms with Crippen molar-refractivity contribution < 1.29 is 0 Å². The Kier molecular flexibility index (Phi) is 4.55. The van der Waals surface area contributed by atoms with E-state index in [0.29, 0.717) is 6.04 Å². The van der Waals surface area contributed by atoms with Crippen molar-refractivity contribution in [1.82, 2.24) is 9.88 Å². The maximum atomic E-state index is 5.71. The molecule has 0 fully saturated rings. The fourth-order valence-electron chi connectivity index (χ4n) is 1.29. The van der Waals surface area contributed by atoms with Crippen LogP contribution < -0.4 is 11.1 Å². The van der Waals surface area contributed by atoms with Crippen molar-refractivity contribution in [3.63, 3.8) is 0 Å². The van der Waals surface area contributed by atoms with Gasteiger partial charge in [-0.05, 0) is 40.0 Å². The molecule has 0 radical (unpaired) electrons. The number of aromatic nitrogens is 1. The van der Waals surface area contributed by atoms with Crippen molar-refractivity contribution in [2.45, 2.75) is 26.8 Å². The Bertz CT molecular complexity index is 336. The molecule has 4 nitrogen and oxygen atoms in total. The monoisotopic (exact) mass is 222 g/mol. The first kappa shape index (κ1) is 12.8. The third-order valence-corrected chi connectivity index (χ3v) is 2.78. The molecular weight excluding hydrogens is 200 g/mol. The summed E-state index contributed by atoms with van der Waals surface area (Å²) in [5.41, 5.74) is 7.32. The summed E-state index contributed by atoms with van der Waals surface area (Å²) in [6.45, 7) is 8.19. The van der Waals surface area contributed by atoms with Gasteiger partial charge < -0.3 is 16.0 Å². The van der Waals surface area contributed by atoms with E-state index < -0.39 is 0 Å². The Hall–Kier alpha value is -1.29. The molecule has 4 heteroatoms. The third-order valence-electron chi connectivity index (χ3n) is 2.78. The lowest BCUT2D eigenvalue weighted by Gasteiger charge is -2.21. The minimum absolute atomic E-state index is 0.572. The Morgan fingerprint density at radius 3 is 2.69 bits per heavy atom. The minimum atomic E-state index is 0.572. The van der Waals surface area contributed by atoms with Crippen molar-refractivity contribution in [3.05, 3.63) is 17.8 Å². The molecule has 1 heterocycles. The van der Waals surface area contributed by atoms with Gasteiger partial charge in [0.05, 0.1) is 11.4 Å². The molecule has 3 N–H and O–H groups in total. The third kappa shape index (κ3) is 3.70. The number of likely N-dealkylation sites (N-methyl/N-ethyl adjacent to an activating group) is 1. The smallest absolute Gasteiger partial charge is 0.126 e. The number of nitrogens with two attached hydrogens (primary N) is 1. The molecule has 0 aliphatic rings. The molecule has 1 aromatic rings. The molecule has 1 aromatic heterocycles. The van der Waals surface area contributed by atoms with Crippen LogP contribution in [0.3, 0.4) is 0 Å². The highest BCUT2D eigenvalue weighted by molar-refractivity contribution is 5.48. The van der Waals surface area contributed by atoms with Gasteiger partial charge in [0.25, 0.3) is 0 Å². The van der Waals surface area contributed by atoms with Gasteiger partial charge in [0.1, 0.15) is 5.82 Å². The molecule has 0 bridgehead atoms. The van der Waals surface area contributed by atoms with Crippen molar-refractivity contribution in [1.29, 1.82) is 0 Å². The average Bonchev–Trinajstić information content (AvgIpc) is 2.23. The van der Waals surface area contributed by atoms with E-state index in [9.17, 15) is 0 Å². The number of hydrogen-bond donors (Lipinski definition) is 2. The summed E-state index contributed by atoms with van der Waals surface area (Å²) < 4.78 is 0. The van der Waals surface area contributed by atoms with Crippen LogP contribution in [0, 0.1) is 6.92 Å². The van der Waals surface area contributed by atoms with Crippen LogP contribution in [0.5, 0.6) is 0 Å². The summed E-state index contributed by atoms with van der Waals surface area (Å²) in [6.07, 6.45) is 0. The minimum Gasteiger partial charge on any atom is -0.397 e.